The highest BCUT2D eigenvalue weighted by Gasteiger charge is 2.13. The Balaban J connectivity index is 2.13. The number of aryl methyl sites for hydroxylation is 1. The monoisotopic (exact) mass is 267 g/mol. The number of nitrogens with zero attached hydrogens (tertiary/aromatic N) is 3. The van der Waals surface area contributed by atoms with Crippen LogP contribution in [0, 0.1) is 5.82 Å². The third kappa shape index (κ3) is 2.88. The minimum Gasteiger partial charge on any atom is -0.301 e. The second-order valence-corrected chi connectivity index (χ2v) is 4.85. The summed E-state index contributed by atoms with van der Waals surface area (Å²) in [6.07, 6.45) is 0.704. The fraction of sp³-hybridized carbons (Fsp3) is 0.385. The molecule has 0 N–H and O–H groups in total. The zero-order chi connectivity index (χ0) is 13.1. The predicted molar refractivity (Wildman–Crippen MR) is 69.2 cm³/mol. The number of halogens is 2. The van der Waals surface area contributed by atoms with E-state index in [1.54, 1.807) is 6.07 Å². The predicted octanol–water partition coefficient (Wildman–Crippen LogP) is 3.44. The number of benzene rings is 1. The average Bonchev–Trinajstić information content (AvgIpc) is 2.68. The van der Waals surface area contributed by atoms with Crippen LogP contribution in [-0.4, -0.2) is 14.8 Å². The normalized spacial score (nSPS) is 11.2. The van der Waals surface area contributed by atoms with Gasteiger partial charge in [0, 0.05) is 12.5 Å². The molecule has 2 aromatic rings. The van der Waals surface area contributed by atoms with Crippen molar-refractivity contribution in [2.24, 2.45) is 0 Å². The number of rotatable bonds is 4. The third-order valence-corrected chi connectivity index (χ3v) is 3.04. The van der Waals surface area contributed by atoms with E-state index in [2.05, 4.69) is 10.2 Å². The van der Waals surface area contributed by atoms with Gasteiger partial charge in [-0.05, 0) is 35.7 Å². The molecule has 96 valence electrons. The molecule has 0 saturated heterocycles. The van der Waals surface area contributed by atoms with Crippen LogP contribution in [0.5, 0.6) is 0 Å². The molecule has 1 aromatic carbocycles. The molecular formula is C13H15ClFN3. The van der Waals surface area contributed by atoms with Crippen LogP contribution in [0.3, 0.4) is 0 Å². The summed E-state index contributed by atoms with van der Waals surface area (Å²) in [5.74, 6) is 0.903. The first-order valence-corrected chi connectivity index (χ1v) is 6.28. The maximum atomic E-state index is 13.1. The Bertz CT molecular complexity index is 537. The molecule has 3 nitrogen and oxygen atoms in total. The summed E-state index contributed by atoms with van der Waals surface area (Å²) in [6.45, 7) is 4.74. The molecule has 0 atom stereocenters. The van der Waals surface area contributed by atoms with Crippen molar-refractivity contribution in [3.8, 4) is 0 Å². The zero-order valence-electron chi connectivity index (χ0n) is 10.4. The quantitative estimate of drug-likeness (QED) is 0.850. The second-order valence-electron chi connectivity index (χ2n) is 4.51. The molecule has 5 heteroatoms. The maximum Gasteiger partial charge on any atom is 0.225 e. The van der Waals surface area contributed by atoms with Gasteiger partial charge in [-0.3, -0.25) is 0 Å². The lowest BCUT2D eigenvalue weighted by molar-refractivity contribution is 0.608. The van der Waals surface area contributed by atoms with Crippen molar-refractivity contribution in [1.29, 1.82) is 0 Å². The highest BCUT2D eigenvalue weighted by atomic mass is 35.5. The van der Waals surface area contributed by atoms with Crippen LogP contribution >= 0.6 is 11.6 Å². The summed E-state index contributed by atoms with van der Waals surface area (Å²) in [6, 6.07) is 6.58. The third-order valence-electron chi connectivity index (χ3n) is 2.76. The SMILES string of the molecule is CC(C)c1nnc(Cl)n1CCc1cccc(F)c1. The smallest absolute Gasteiger partial charge is 0.225 e. The van der Waals surface area contributed by atoms with Crippen LogP contribution in [0.25, 0.3) is 0 Å². The molecule has 0 aliphatic rings. The summed E-state index contributed by atoms with van der Waals surface area (Å²) in [7, 11) is 0. The molecular weight excluding hydrogens is 253 g/mol. The molecule has 0 unspecified atom stereocenters. The van der Waals surface area contributed by atoms with E-state index in [9.17, 15) is 4.39 Å². The molecule has 0 aliphatic carbocycles. The standard InChI is InChI=1S/C13H15ClFN3/c1-9(2)12-16-17-13(14)18(12)7-6-10-4-3-5-11(15)8-10/h3-5,8-9H,6-7H2,1-2H3. The highest BCUT2D eigenvalue weighted by molar-refractivity contribution is 6.28. The van der Waals surface area contributed by atoms with E-state index < -0.39 is 0 Å². The Morgan fingerprint density at radius 2 is 2.11 bits per heavy atom. The van der Waals surface area contributed by atoms with Gasteiger partial charge >= 0.3 is 0 Å². The first-order valence-electron chi connectivity index (χ1n) is 5.91. The van der Waals surface area contributed by atoms with Crippen molar-refractivity contribution in [1.82, 2.24) is 14.8 Å². The molecule has 0 fully saturated rings. The van der Waals surface area contributed by atoms with Gasteiger partial charge in [0.1, 0.15) is 11.6 Å². The van der Waals surface area contributed by atoms with Gasteiger partial charge in [0.05, 0.1) is 0 Å². The van der Waals surface area contributed by atoms with Crippen LogP contribution in [0.2, 0.25) is 5.28 Å². The van der Waals surface area contributed by atoms with E-state index in [1.165, 1.54) is 12.1 Å². The van der Waals surface area contributed by atoms with Gasteiger partial charge in [0.15, 0.2) is 0 Å². The largest absolute Gasteiger partial charge is 0.301 e. The minimum absolute atomic E-state index is 0.216. The zero-order valence-corrected chi connectivity index (χ0v) is 11.2. The van der Waals surface area contributed by atoms with Crippen molar-refractivity contribution in [2.75, 3.05) is 0 Å². The molecule has 1 aromatic heterocycles. The van der Waals surface area contributed by atoms with Crippen molar-refractivity contribution in [2.45, 2.75) is 32.7 Å². The molecule has 18 heavy (non-hydrogen) atoms. The molecule has 1 heterocycles. The fourth-order valence-corrected chi connectivity index (χ4v) is 2.07. The van der Waals surface area contributed by atoms with E-state index in [4.69, 9.17) is 11.6 Å². The van der Waals surface area contributed by atoms with Gasteiger partial charge in [-0.25, -0.2) is 4.39 Å². The van der Waals surface area contributed by atoms with Crippen LogP contribution in [0.15, 0.2) is 24.3 Å². The van der Waals surface area contributed by atoms with Crippen LogP contribution < -0.4 is 0 Å². The first kappa shape index (κ1) is 13.0. The van der Waals surface area contributed by atoms with Gasteiger partial charge in [0.25, 0.3) is 0 Å². The number of hydrogen-bond acceptors (Lipinski definition) is 2. The maximum absolute atomic E-state index is 13.1. The van der Waals surface area contributed by atoms with Gasteiger partial charge < -0.3 is 4.57 Å². The Hall–Kier alpha value is -1.42. The molecule has 2 rings (SSSR count). The van der Waals surface area contributed by atoms with Crippen LogP contribution in [0.1, 0.15) is 31.2 Å². The Morgan fingerprint density at radius 1 is 1.33 bits per heavy atom. The van der Waals surface area contributed by atoms with E-state index in [1.807, 2.05) is 24.5 Å². The Morgan fingerprint density at radius 3 is 2.78 bits per heavy atom. The lowest BCUT2D eigenvalue weighted by atomic mass is 10.1. The fourth-order valence-electron chi connectivity index (χ4n) is 1.86. The lowest BCUT2D eigenvalue weighted by Gasteiger charge is -2.09. The van der Waals surface area contributed by atoms with E-state index in [0.717, 1.165) is 11.4 Å². The second kappa shape index (κ2) is 5.48. The number of aromatic nitrogens is 3. The van der Waals surface area contributed by atoms with E-state index in [0.29, 0.717) is 18.2 Å². The van der Waals surface area contributed by atoms with Gasteiger partial charge in [0.2, 0.25) is 5.28 Å². The van der Waals surface area contributed by atoms with Gasteiger partial charge in [-0.2, -0.15) is 0 Å². The summed E-state index contributed by atoms with van der Waals surface area (Å²) < 4.78 is 14.9. The summed E-state index contributed by atoms with van der Waals surface area (Å²) in [4.78, 5) is 0. The van der Waals surface area contributed by atoms with E-state index >= 15 is 0 Å². The molecule has 0 bridgehead atoms. The Kier molecular flexibility index (Phi) is 3.97. The van der Waals surface area contributed by atoms with Crippen LogP contribution in [-0.2, 0) is 13.0 Å². The molecule has 0 radical (unpaired) electrons. The lowest BCUT2D eigenvalue weighted by Crippen LogP contribution is -2.08. The first-order chi connectivity index (χ1) is 8.58. The average molecular weight is 268 g/mol. The highest BCUT2D eigenvalue weighted by Crippen LogP contribution is 2.17. The molecule has 0 amide bonds. The summed E-state index contributed by atoms with van der Waals surface area (Å²) in [5.41, 5.74) is 0.939. The molecule has 0 aliphatic heterocycles. The van der Waals surface area contributed by atoms with Gasteiger partial charge in [-0.1, -0.05) is 26.0 Å². The minimum atomic E-state index is -0.216. The summed E-state index contributed by atoms with van der Waals surface area (Å²) >= 11 is 6.00. The molecule has 0 saturated carbocycles. The van der Waals surface area contributed by atoms with Crippen molar-refractivity contribution in [3.63, 3.8) is 0 Å². The van der Waals surface area contributed by atoms with Crippen molar-refractivity contribution in [3.05, 3.63) is 46.8 Å². The number of hydrogen-bond donors (Lipinski definition) is 0. The summed E-state index contributed by atoms with van der Waals surface area (Å²) in [5, 5.41) is 8.31. The topological polar surface area (TPSA) is 30.7 Å². The van der Waals surface area contributed by atoms with Crippen molar-refractivity contribution >= 4 is 11.6 Å². The molecule has 0 spiro atoms. The van der Waals surface area contributed by atoms with Crippen molar-refractivity contribution < 1.29 is 4.39 Å². The van der Waals surface area contributed by atoms with Gasteiger partial charge in [-0.15, -0.1) is 10.2 Å². The van der Waals surface area contributed by atoms with E-state index in [-0.39, 0.29) is 11.7 Å². The Labute approximate surface area is 111 Å². The van der Waals surface area contributed by atoms with Crippen LogP contribution in [0.4, 0.5) is 4.39 Å².